The van der Waals surface area contributed by atoms with Gasteiger partial charge in [-0.05, 0) is 25.5 Å². The van der Waals surface area contributed by atoms with E-state index < -0.39 is 5.60 Å². The van der Waals surface area contributed by atoms with Crippen molar-refractivity contribution in [3.05, 3.63) is 0 Å². The number of nitrogens with one attached hydrogen (secondary N) is 1. The third-order valence-electron chi connectivity index (χ3n) is 2.43. The van der Waals surface area contributed by atoms with Crippen LogP contribution in [0.5, 0.6) is 0 Å². The third kappa shape index (κ3) is 3.56. The van der Waals surface area contributed by atoms with Crippen molar-refractivity contribution in [1.29, 1.82) is 0 Å². The lowest BCUT2D eigenvalue weighted by molar-refractivity contribution is -0.123. The van der Waals surface area contributed by atoms with Crippen molar-refractivity contribution < 1.29 is 9.90 Å². The molecule has 76 valence electrons. The maximum atomic E-state index is 11.2. The van der Waals surface area contributed by atoms with E-state index in [0.29, 0.717) is 13.0 Å². The Morgan fingerprint density at radius 3 is 2.77 bits per heavy atom. The molecule has 0 aromatic rings. The topological polar surface area (TPSA) is 49.3 Å². The lowest BCUT2D eigenvalue weighted by Gasteiger charge is -2.36. The molecule has 1 fully saturated rings. The maximum Gasteiger partial charge on any atom is 0.220 e. The van der Waals surface area contributed by atoms with Crippen molar-refractivity contribution in [1.82, 2.24) is 5.32 Å². The predicted octanol–water partition coefficient (Wildman–Crippen LogP) is 0.771. The summed E-state index contributed by atoms with van der Waals surface area (Å²) in [6, 6.07) is 0. The first-order valence-electron chi connectivity index (χ1n) is 4.64. The summed E-state index contributed by atoms with van der Waals surface area (Å²) in [5.74, 6) is 0.902. The van der Waals surface area contributed by atoms with Crippen molar-refractivity contribution in [2.45, 2.75) is 31.3 Å². The SMILES string of the molecule is CSCCC(=O)NCC1(O)CCC1. The first-order chi connectivity index (χ1) is 6.16. The second kappa shape index (κ2) is 4.86. The van der Waals surface area contributed by atoms with Gasteiger partial charge in [-0.2, -0.15) is 11.8 Å². The predicted molar refractivity (Wildman–Crippen MR) is 54.8 cm³/mol. The molecule has 13 heavy (non-hydrogen) atoms. The van der Waals surface area contributed by atoms with Crippen LogP contribution < -0.4 is 5.32 Å². The van der Waals surface area contributed by atoms with Gasteiger partial charge in [0.1, 0.15) is 0 Å². The molecule has 0 bridgehead atoms. The minimum Gasteiger partial charge on any atom is -0.388 e. The third-order valence-corrected chi connectivity index (χ3v) is 3.04. The van der Waals surface area contributed by atoms with Gasteiger partial charge in [0, 0.05) is 18.7 Å². The van der Waals surface area contributed by atoms with Crippen LogP contribution in [-0.4, -0.2) is 35.2 Å². The Bertz CT molecular complexity index is 180. The Balaban J connectivity index is 2.07. The van der Waals surface area contributed by atoms with E-state index in [1.807, 2.05) is 6.26 Å². The van der Waals surface area contributed by atoms with Crippen molar-refractivity contribution in [2.75, 3.05) is 18.6 Å². The largest absolute Gasteiger partial charge is 0.388 e. The molecule has 0 atom stereocenters. The number of thioether (sulfide) groups is 1. The number of amides is 1. The summed E-state index contributed by atoms with van der Waals surface area (Å²) in [6.45, 7) is 0.431. The molecule has 4 heteroatoms. The van der Waals surface area contributed by atoms with Crippen LogP contribution in [-0.2, 0) is 4.79 Å². The van der Waals surface area contributed by atoms with Crippen LogP contribution in [0.4, 0.5) is 0 Å². The van der Waals surface area contributed by atoms with Gasteiger partial charge in [-0.1, -0.05) is 0 Å². The average Bonchev–Trinajstić information content (AvgIpc) is 2.08. The minimum absolute atomic E-state index is 0.0506. The fraction of sp³-hybridized carbons (Fsp3) is 0.889. The molecule has 1 aliphatic carbocycles. The van der Waals surface area contributed by atoms with Gasteiger partial charge >= 0.3 is 0 Å². The van der Waals surface area contributed by atoms with Gasteiger partial charge in [-0.3, -0.25) is 4.79 Å². The zero-order chi connectivity index (χ0) is 9.73. The Hall–Kier alpha value is -0.220. The van der Waals surface area contributed by atoms with Crippen LogP contribution in [0.1, 0.15) is 25.7 Å². The van der Waals surface area contributed by atoms with E-state index in [1.54, 1.807) is 11.8 Å². The number of hydrogen-bond donors (Lipinski definition) is 2. The van der Waals surface area contributed by atoms with Gasteiger partial charge in [0.05, 0.1) is 5.60 Å². The smallest absolute Gasteiger partial charge is 0.220 e. The highest BCUT2D eigenvalue weighted by atomic mass is 32.2. The van der Waals surface area contributed by atoms with E-state index in [4.69, 9.17) is 0 Å². The van der Waals surface area contributed by atoms with Crippen molar-refractivity contribution >= 4 is 17.7 Å². The van der Waals surface area contributed by atoms with Crippen molar-refractivity contribution in [3.8, 4) is 0 Å². The van der Waals surface area contributed by atoms with E-state index in [-0.39, 0.29) is 5.91 Å². The van der Waals surface area contributed by atoms with E-state index in [2.05, 4.69) is 5.32 Å². The molecule has 1 saturated carbocycles. The molecule has 0 heterocycles. The number of aliphatic hydroxyl groups is 1. The summed E-state index contributed by atoms with van der Waals surface area (Å²) < 4.78 is 0. The summed E-state index contributed by atoms with van der Waals surface area (Å²) in [7, 11) is 0. The lowest BCUT2D eigenvalue weighted by Crippen LogP contribution is -2.47. The highest BCUT2D eigenvalue weighted by Crippen LogP contribution is 2.30. The van der Waals surface area contributed by atoms with Gasteiger partial charge in [-0.25, -0.2) is 0 Å². The Morgan fingerprint density at radius 2 is 2.31 bits per heavy atom. The molecule has 0 saturated heterocycles. The molecule has 1 amide bonds. The molecule has 0 aromatic carbocycles. The zero-order valence-electron chi connectivity index (χ0n) is 8.01. The number of carbonyl (C=O) groups is 1. The van der Waals surface area contributed by atoms with Crippen LogP contribution in [0.2, 0.25) is 0 Å². The van der Waals surface area contributed by atoms with Gasteiger partial charge in [0.25, 0.3) is 0 Å². The molecule has 3 nitrogen and oxygen atoms in total. The monoisotopic (exact) mass is 203 g/mol. The van der Waals surface area contributed by atoms with E-state index in [1.165, 1.54) is 0 Å². The van der Waals surface area contributed by atoms with Crippen LogP contribution in [0.3, 0.4) is 0 Å². The standard InChI is InChI=1S/C9H17NO2S/c1-13-6-3-8(11)10-7-9(12)4-2-5-9/h12H,2-7H2,1H3,(H,10,11). The van der Waals surface area contributed by atoms with E-state index in [9.17, 15) is 9.90 Å². The highest BCUT2D eigenvalue weighted by molar-refractivity contribution is 7.98. The average molecular weight is 203 g/mol. The fourth-order valence-corrected chi connectivity index (χ4v) is 1.70. The maximum absolute atomic E-state index is 11.2. The molecule has 0 spiro atoms. The normalized spacial score (nSPS) is 19.2. The summed E-state index contributed by atoms with van der Waals surface area (Å²) >= 11 is 1.66. The highest BCUT2D eigenvalue weighted by Gasteiger charge is 2.34. The number of hydrogen-bond acceptors (Lipinski definition) is 3. The van der Waals surface area contributed by atoms with Gasteiger partial charge in [0.15, 0.2) is 0 Å². The van der Waals surface area contributed by atoms with E-state index >= 15 is 0 Å². The molecule has 0 aromatic heterocycles. The van der Waals surface area contributed by atoms with Crippen LogP contribution in [0.15, 0.2) is 0 Å². The molecular formula is C9H17NO2S. The van der Waals surface area contributed by atoms with Crippen LogP contribution in [0, 0.1) is 0 Å². The van der Waals surface area contributed by atoms with Crippen LogP contribution in [0.25, 0.3) is 0 Å². The Kier molecular flexibility index (Phi) is 4.06. The van der Waals surface area contributed by atoms with Crippen molar-refractivity contribution in [2.24, 2.45) is 0 Å². The molecule has 0 aliphatic heterocycles. The molecular weight excluding hydrogens is 186 g/mol. The molecule has 1 rings (SSSR count). The summed E-state index contributed by atoms with van der Waals surface area (Å²) in [4.78, 5) is 11.2. The molecule has 0 unspecified atom stereocenters. The number of carbonyl (C=O) groups excluding carboxylic acids is 1. The van der Waals surface area contributed by atoms with Gasteiger partial charge < -0.3 is 10.4 Å². The second-order valence-corrected chi connectivity index (χ2v) is 4.58. The van der Waals surface area contributed by atoms with Crippen LogP contribution >= 0.6 is 11.8 Å². The Morgan fingerprint density at radius 1 is 1.62 bits per heavy atom. The molecule has 2 N–H and O–H groups in total. The first kappa shape index (κ1) is 10.9. The second-order valence-electron chi connectivity index (χ2n) is 3.60. The lowest BCUT2D eigenvalue weighted by atomic mass is 9.80. The van der Waals surface area contributed by atoms with Crippen molar-refractivity contribution in [3.63, 3.8) is 0 Å². The van der Waals surface area contributed by atoms with Gasteiger partial charge in [-0.15, -0.1) is 0 Å². The summed E-state index contributed by atoms with van der Waals surface area (Å²) in [5.41, 5.74) is -0.588. The molecule has 0 radical (unpaired) electrons. The quantitative estimate of drug-likeness (QED) is 0.694. The van der Waals surface area contributed by atoms with Gasteiger partial charge in [0.2, 0.25) is 5.91 Å². The zero-order valence-corrected chi connectivity index (χ0v) is 8.82. The fourth-order valence-electron chi connectivity index (χ4n) is 1.31. The Labute approximate surface area is 83.3 Å². The first-order valence-corrected chi connectivity index (χ1v) is 6.04. The van der Waals surface area contributed by atoms with E-state index in [0.717, 1.165) is 25.0 Å². The summed E-state index contributed by atoms with van der Waals surface area (Å²) in [6.07, 6.45) is 5.27. The summed E-state index contributed by atoms with van der Waals surface area (Å²) in [5, 5.41) is 12.4. The minimum atomic E-state index is -0.588. The molecule has 1 aliphatic rings. The number of rotatable bonds is 5.